The molecule has 2 saturated heterocycles. The van der Waals surface area contributed by atoms with E-state index in [9.17, 15) is 4.79 Å². The molecule has 0 aliphatic carbocycles. The van der Waals surface area contributed by atoms with E-state index >= 15 is 0 Å². The Morgan fingerprint density at radius 1 is 1.44 bits per heavy atom. The first-order valence-electron chi connectivity index (χ1n) is 6.64. The van der Waals surface area contributed by atoms with Crippen molar-refractivity contribution in [3.8, 4) is 0 Å². The molecular formula is C13H18N2O2S. The fraction of sp³-hybridized carbons (Fsp3) is 0.692. The molecule has 0 saturated carbocycles. The van der Waals surface area contributed by atoms with Crippen molar-refractivity contribution in [3.63, 3.8) is 0 Å². The average molecular weight is 266 g/mol. The van der Waals surface area contributed by atoms with Crippen molar-refractivity contribution in [2.45, 2.75) is 31.7 Å². The van der Waals surface area contributed by atoms with Gasteiger partial charge in [0.25, 0.3) is 0 Å². The summed E-state index contributed by atoms with van der Waals surface area (Å²) in [6.45, 7) is 2.20. The molecule has 3 heterocycles. The van der Waals surface area contributed by atoms with Gasteiger partial charge < -0.3 is 9.64 Å². The molecule has 1 aromatic rings. The lowest BCUT2D eigenvalue weighted by Gasteiger charge is -2.36. The molecule has 1 aromatic heterocycles. The molecule has 3 rings (SSSR count). The first-order chi connectivity index (χ1) is 8.86. The largest absolute Gasteiger partial charge is 0.381 e. The van der Waals surface area contributed by atoms with Gasteiger partial charge in [-0.05, 0) is 25.7 Å². The van der Waals surface area contributed by atoms with E-state index in [1.54, 1.807) is 11.3 Å². The molecule has 0 bridgehead atoms. The predicted octanol–water partition coefficient (Wildman–Crippen LogP) is 2.23. The van der Waals surface area contributed by atoms with E-state index in [0.717, 1.165) is 37.4 Å². The highest BCUT2D eigenvalue weighted by atomic mass is 32.1. The summed E-state index contributed by atoms with van der Waals surface area (Å²) in [5.74, 6) is 0.345. The van der Waals surface area contributed by atoms with Crippen LogP contribution < -0.4 is 0 Å². The third-order valence-electron chi connectivity index (χ3n) is 3.80. The summed E-state index contributed by atoms with van der Waals surface area (Å²) < 4.78 is 5.33. The Balaban J connectivity index is 1.77. The molecule has 0 aromatic carbocycles. The Labute approximate surface area is 111 Å². The van der Waals surface area contributed by atoms with E-state index in [2.05, 4.69) is 4.98 Å². The molecule has 2 atom stereocenters. The number of piperidine rings is 1. The Morgan fingerprint density at radius 3 is 3.11 bits per heavy atom. The number of aromatic nitrogens is 1. The highest BCUT2D eigenvalue weighted by Gasteiger charge is 2.34. The van der Waals surface area contributed by atoms with Crippen LogP contribution in [-0.2, 0) is 9.53 Å². The van der Waals surface area contributed by atoms with Gasteiger partial charge >= 0.3 is 0 Å². The molecular weight excluding hydrogens is 248 g/mol. The normalized spacial score (nSPS) is 28.6. The molecule has 1 amide bonds. The second kappa shape index (κ2) is 5.36. The number of hydrogen-bond donors (Lipinski definition) is 0. The molecule has 2 fully saturated rings. The number of hydrogen-bond acceptors (Lipinski definition) is 4. The summed E-state index contributed by atoms with van der Waals surface area (Å²) in [7, 11) is 0. The summed E-state index contributed by atoms with van der Waals surface area (Å²) in [6.07, 6.45) is 6.05. The summed E-state index contributed by atoms with van der Waals surface area (Å²) in [5, 5.41) is 3.08. The van der Waals surface area contributed by atoms with E-state index in [-0.39, 0.29) is 17.9 Å². The highest BCUT2D eigenvalue weighted by Crippen LogP contribution is 2.33. The minimum atomic E-state index is 0.0746. The van der Waals surface area contributed by atoms with E-state index in [4.69, 9.17) is 4.74 Å². The molecule has 0 unspecified atom stereocenters. The van der Waals surface area contributed by atoms with Crippen molar-refractivity contribution < 1.29 is 9.53 Å². The van der Waals surface area contributed by atoms with Crippen LogP contribution in [0.15, 0.2) is 11.6 Å². The zero-order valence-electron chi connectivity index (χ0n) is 10.4. The number of carbonyl (C=O) groups is 1. The average Bonchev–Trinajstić information content (AvgIpc) is 3.11. The van der Waals surface area contributed by atoms with Gasteiger partial charge in [-0.2, -0.15) is 0 Å². The number of likely N-dealkylation sites (tertiary alicyclic amines) is 1. The first-order valence-corrected chi connectivity index (χ1v) is 7.52. The van der Waals surface area contributed by atoms with Crippen LogP contribution in [0, 0.1) is 5.92 Å². The number of thiazole rings is 1. The maximum atomic E-state index is 12.5. The molecule has 5 heteroatoms. The van der Waals surface area contributed by atoms with Gasteiger partial charge in [0.2, 0.25) is 5.91 Å². The van der Waals surface area contributed by atoms with Crippen molar-refractivity contribution in [2.24, 2.45) is 5.92 Å². The minimum absolute atomic E-state index is 0.0746. The van der Waals surface area contributed by atoms with Crippen molar-refractivity contribution in [3.05, 3.63) is 16.6 Å². The monoisotopic (exact) mass is 266 g/mol. The van der Waals surface area contributed by atoms with Crippen LogP contribution in [0.25, 0.3) is 0 Å². The van der Waals surface area contributed by atoms with Crippen LogP contribution >= 0.6 is 11.3 Å². The second-order valence-electron chi connectivity index (χ2n) is 4.97. The fourth-order valence-corrected chi connectivity index (χ4v) is 3.60. The van der Waals surface area contributed by atoms with Crippen LogP contribution in [0.2, 0.25) is 0 Å². The van der Waals surface area contributed by atoms with Crippen molar-refractivity contribution in [1.82, 2.24) is 9.88 Å². The third-order valence-corrected chi connectivity index (χ3v) is 4.68. The first kappa shape index (κ1) is 12.1. The SMILES string of the molecule is O=C([C@H]1CCOC1)N1CCCC[C@H]1c1nccs1. The number of amides is 1. The number of nitrogens with zero attached hydrogens (tertiary/aromatic N) is 2. The summed E-state index contributed by atoms with van der Waals surface area (Å²) in [4.78, 5) is 19.0. The van der Waals surface area contributed by atoms with Crippen molar-refractivity contribution >= 4 is 17.2 Å². The molecule has 18 heavy (non-hydrogen) atoms. The standard InChI is InChI=1S/C13H18N2O2S/c16-13(10-4-7-17-9-10)15-6-2-1-3-11(15)12-14-5-8-18-12/h5,8,10-11H,1-4,6-7,9H2/t10-,11-/m0/s1. The maximum absolute atomic E-state index is 12.5. The smallest absolute Gasteiger partial charge is 0.228 e. The summed E-state index contributed by atoms with van der Waals surface area (Å²) >= 11 is 1.66. The summed E-state index contributed by atoms with van der Waals surface area (Å²) in [5.41, 5.74) is 0. The van der Waals surface area contributed by atoms with Crippen molar-refractivity contribution in [1.29, 1.82) is 0 Å². The Kier molecular flexibility index (Phi) is 3.61. The van der Waals surface area contributed by atoms with Crippen LogP contribution in [-0.4, -0.2) is 35.5 Å². The third kappa shape index (κ3) is 2.29. The molecule has 2 aliphatic heterocycles. The van der Waals surface area contributed by atoms with Gasteiger partial charge in [-0.1, -0.05) is 0 Å². The minimum Gasteiger partial charge on any atom is -0.381 e. The predicted molar refractivity (Wildman–Crippen MR) is 69.3 cm³/mol. The Bertz CT molecular complexity index is 401. The van der Waals surface area contributed by atoms with E-state index in [1.165, 1.54) is 6.42 Å². The lowest BCUT2D eigenvalue weighted by molar-refractivity contribution is -0.139. The quantitative estimate of drug-likeness (QED) is 0.824. The molecule has 0 N–H and O–H groups in total. The number of carbonyl (C=O) groups excluding carboxylic acids is 1. The zero-order chi connectivity index (χ0) is 12.4. The van der Waals surface area contributed by atoms with Gasteiger partial charge in [-0.25, -0.2) is 4.98 Å². The second-order valence-corrected chi connectivity index (χ2v) is 5.90. The van der Waals surface area contributed by atoms with E-state index in [0.29, 0.717) is 6.61 Å². The van der Waals surface area contributed by atoms with Crippen LogP contribution in [0.1, 0.15) is 36.7 Å². The maximum Gasteiger partial charge on any atom is 0.228 e. The Hall–Kier alpha value is -0.940. The molecule has 98 valence electrons. The number of rotatable bonds is 2. The zero-order valence-corrected chi connectivity index (χ0v) is 11.2. The summed E-state index contributed by atoms with van der Waals surface area (Å²) in [6, 6.07) is 0.201. The van der Waals surface area contributed by atoms with Crippen LogP contribution in [0.5, 0.6) is 0 Å². The Morgan fingerprint density at radius 2 is 2.39 bits per heavy atom. The van der Waals surface area contributed by atoms with E-state index < -0.39 is 0 Å². The molecule has 4 nitrogen and oxygen atoms in total. The van der Waals surface area contributed by atoms with Crippen LogP contribution in [0.4, 0.5) is 0 Å². The highest BCUT2D eigenvalue weighted by molar-refractivity contribution is 7.09. The van der Waals surface area contributed by atoms with Gasteiger partial charge in [0.15, 0.2) is 0 Å². The van der Waals surface area contributed by atoms with Gasteiger partial charge in [-0.3, -0.25) is 4.79 Å². The van der Waals surface area contributed by atoms with Gasteiger partial charge in [0.1, 0.15) is 5.01 Å². The molecule has 2 aliphatic rings. The molecule has 0 radical (unpaired) electrons. The van der Waals surface area contributed by atoms with Gasteiger partial charge in [-0.15, -0.1) is 11.3 Å². The lowest BCUT2D eigenvalue weighted by atomic mass is 9.99. The van der Waals surface area contributed by atoms with E-state index in [1.807, 2.05) is 16.5 Å². The fourth-order valence-electron chi connectivity index (χ4n) is 2.81. The lowest BCUT2D eigenvalue weighted by Crippen LogP contribution is -2.42. The topological polar surface area (TPSA) is 42.4 Å². The van der Waals surface area contributed by atoms with Gasteiger partial charge in [0.05, 0.1) is 18.6 Å². The molecule has 0 spiro atoms. The van der Waals surface area contributed by atoms with Gasteiger partial charge in [0, 0.05) is 24.7 Å². The number of ether oxygens (including phenoxy) is 1. The van der Waals surface area contributed by atoms with Crippen molar-refractivity contribution in [2.75, 3.05) is 19.8 Å². The van der Waals surface area contributed by atoms with Crippen LogP contribution in [0.3, 0.4) is 0 Å².